The van der Waals surface area contributed by atoms with Crippen molar-refractivity contribution in [2.75, 3.05) is 26.4 Å². The summed E-state index contributed by atoms with van der Waals surface area (Å²) in [7, 11) is 0. The molecule has 0 bridgehead atoms. The fourth-order valence-electron chi connectivity index (χ4n) is 2.44. The molecule has 2 aromatic carbocycles. The highest BCUT2D eigenvalue weighted by Gasteiger charge is 2.13. The highest BCUT2D eigenvalue weighted by molar-refractivity contribution is 5.78. The molecular weight excluding hydrogens is 306 g/mol. The zero-order valence-corrected chi connectivity index (χ0v) is 13.7. The third-order valence-electron chi connectivity index (χ3n) is 3.69. The van der Waals surface area contributed by atoms with Crippen LogP contribution in [0.3, 0.4) is 0 Å². The Hall–Kier alpha value is -2.69. The van der Waals surface area contributed by atoms with Crippen molar-refractivity contribution in [1.82, 2.24) is 5.32 Å². The molecule has 1 N–H and O–H groups in total. The van der Waals surface area contributed by atoms with E-state index in [4.69, 9.17) is 14.2 Å². The molecule has 0 spiro atoms. The van der Waals surface area contributed by atoms with Crippen LogP contribution >= 0.6 is 0 Å². The monoisotopic (exact) mass is 327 g/mol. The summed E-state index contributed by atoms with van der Waals surface area (Å²) in [5.41, 5.74) is 2.09. The summed E-state index contributed by atoms with van der Waals surface area (Å²) >= 11 is 0. The first kappa shape index (κ1) is 16.2. The number of hydrogen-bond donors (Lipinski definition) is 1. The summed E-state index contributed by atoms with van der Waals surface area (Å²) in [5.74, 6) is 2.20. The van der Waals surface area contributed by atoms with Gasteiger partial charge in [-0.15, -0.1) is 0 Å². The Bertz CT molecular complexity index is 697. The van der Waals surface area contributed by atoms with Gasteiger partial charge in [-0.25, -0.2) is 0 Å². The maximum Gasteiger partial charge on any atom is 0.224 e. The Balaban J connectivity index is 1.41. The van der Waals surface area contributed by atoms with Crippen LogP contribution in [-0.4, -0.2) is 32.3 Å². The van der Waals surface area contributed by atoms with Crippen molar-refractivity contribution >= 4 is 5.91 Å². The van der Waals surface area contributed by atoms with Gasteiger partial charge in [-0.2, -0.15) is 0 Å². The van der Waals surface area contributed by atoms with Crippen LogP contribution in [-0.2, 0) is 11.2 Å². The average Bonchev–Trinajstić information content (AvgIpc) is 2.60. The lowest BCUT2D eigenvalue weighted by molar-refractivity contribution is -0.120. The van der Waals surface area contributed by atoms with Gasteiger partial charge in [0.05, 0.1) is 13.0 Å². The summed E-state index contributed by atoms with van der Waals surface area (Å²) in [6.45, 7) is 4.04. The van der Waals surface area contributed by atoms with E-state index in [1.807, 2.05) is 49.4 Å². The maximum atomic E-state index is 12.0. The second-order valence-corrected chi connectivity index (χ2v) is 5.67. The molecule has 5 heteroatoms. The van der Waals surface area contributed by atoms with E-state index in [9.17, 15) is 4.79 Å². The topological polar surface area (TPSA) is 56.8 Å². The minimum atomic E-state index is -0.0424. The molecule has 0 radical (unpaired) electrons. The Morgan fingerprint density at radius 1 is 1.08 bits per heavy atom. The number of aryl methyl sites for hydroxylation is 1. The molecule has 0 saturated carbocycles. The molecule has 1 aliphatic heterocycles. The van der Waals surface area contributed by atoms with Gasteiger partial charge in [0, 0.05) is 0 Å². The Kier molecular flexibility index (Phi) is 5.21. The summed E-state index contributed by atoms with van der Waals surface area (Å²) in [4.78, 5) is 12.0. The molecule has 0 aromatic heterocycles. The smallest absolute Gasteiger partial charge is 0.224 e. The summed E-state index contributed by atoms with van der Waals surface area (Å²) in [6, 6.07) is 13.4. The van der Waals surface area contributed by atoms with Crippen molar-refractivity contribution in [1.29, 1.82) is 0 Å². The average molecular weight is 327 g/mol. The fourth-order valence-corrected chi connectivity index (χ4v) is 2.44. The van der Waals surface area contributed by atoms with Crippen molar-refractivity contribution in [3.63, 3.8) is 0 Å². The van der Waals surface area contributed by atoms with E-state index in [1.54, 1.807) is 0 Å². The number of fused-ring (bicyclic) bond motifs is 1. The van der Waals surface area contributed by atoms with Gasteiger partial charge in [0.1, 0.15) is 25.6 Å². The van der Waals surface area contributed by atoms with Crippen LogP contribution in [0.15, 0.2) is 42.5 Å². The molecule has 1 amide bonds. The highest BCUT2D eigenvalue weighted by atomic mass is 16.6. The normalized spacial score (nSPS) is 12.5. The Morgan fingerprint density at radius 3 is 2.62 bits per heavy atom. The van der Waals surface area contributed by atoms with Crippen LogP contribution in [0, 0.1) is 6.92 Å². The summed E-state index contributed by atoms with van der Waals surface area (Å²) in [5, 5.41) is 2.86. The third kappa shape index (κ3) is 4.41. The third-order valence-corrected chi connectivity index (χ3v) is 3.69. The van der Waals surface area contributed by atoms with E-state index in [0.29, 0.717) is 38.5 Å². The molecule has 5 nitrogen and oxygen atoms in total. The van der Waals surface area contributed by atoms with Gasteiger partial charge in [0.2, 0.25) is 5.91 Å². The minimum absolute atomic E-state index is 0.0424. The lowest BCUT2D eigenvalue weighted by atomic mass is 10.1. The zero-order chi connectivity index (χ0) is 16.8. The maximum absolute atomic E-state index is 12.0. The number of nitrogens with one attached hydrogen (secondary N) is 1. The van der Waals surface area contributed by atoms with Gasteiger partial charge in [-0.1, -0.05) is 23.8 Å². The summed E-state index contributed by atoms with van der Waals surface area (Å²) < 4.78 is 16.6. The van der Waals surface area contributed by atoms with Crippen molar-refractivity contribution in [2.45, 2.75) is 13.3 Å². The summed E-state index contributed by atoms with van der Waals surface area (Å²) in [6.07, 6.45) is 0.307. The van der Waals surface area contributed by atoms with E-state index >= 15 is 0 Å². The quantitative estimate of drug-likeness (QED) is 0.828. The molecule has 1 aliphatic rings. The molecule has 24 heavy (non-hydrogen) atoms. The van der Waals surface area contributed by atoms with Crippen LogP contribution in [0.2, 0.25) is 0 Å². The van der Waals surface area contributed by atoms with Crippen molar-refractivity contribution in [2.24, 2.45) is 0 Å². The molecule has 0 unspecified atom stereocenters. The van der Waals surface area contributed by atoms with E-state index < -0.39 is 0 Å². The standard InChI is InChI=1S/C19H21NO4/c1-14-2-5-16(6-3-14)22-9-8-20-19(21)13-15-4-7-17-18(12-15)24-11-10-23-17/h2-7,12H,8-11,13H2,1H3,(H,20,21). The first-order valence-electron chi connectivity index (χ1n) is 8.05. The number of ether oxygens (including phenoxy) is 3. The predicted octanol–water partition coefficient (Wildman–Crippen LogP) is 2.50. The second kappa shape index (κ2) is 7.73. The molecule has 0 fully saturated rings. The van der Waals surface area contributed by atoms with Gasteiger partial charge in [-0.05, 0) is 36.8 Å². The highest BCUT2D eigenvalue weighted by Crippen LogP contribution is 2.30. The van der Waals surface area contributed by atoms with Crippen LogP contribution < -0.4 is 19.5 Å². The first-order chi connectivity index (χ1) is 11.7. The van der Waals surface area contributed by atoms with Gasteiger partial charge >= 0.3 is 0 Å². The van der Waals surface area contributed by atoms with Gasteiger partial charge in [-0.3, -0.25) is 4.79 Å². The molecule has 0 atom stereocenters. The number of hydrogen-bond acceptors (Lipinski definition) is 4. The number of amides is 1. The molecule has 126 valence electrons. The van der Waals surface area contributed by atoms with Crippen LogP contribution in [0.4, 0.5) is 0 Å². The molecule has 0 aliphatic carbocycles. The van der Waals surface area contributed by atoms with E-state index in [1.165, 1.54) is 5.56 Å². The Morgan fingerprint density at radius 2 is 1.83 bits per heavy atom. The first-order valence-corrected chi connectivity index (χ1v) is 8.05. The molecular formula is C19H21NO4. The predicted molar refractivity (Wildman–Crippen MR) is 90.8 cm³/mol. The van der Waals surface area contributed by atoms with Crippen molar-refractivity contribution in [3.05, 3.63) is 53.6 Å². The molecule has 1 heterocycles. The van der Waals surface area contributed by atoms with Gasteiger partial charge in [0.25, 0.3) is 0 Å². The number of benzene rings is 2. The SMILES string of the molecule is Cc1ccc(OCCNC(=O)Cc2ccc3c(c2)OCCO3)cc1. The fraction of sp³-hybridized carbons (Fsp3) is 0.316. The van der Waals surface area contributed by atoms with E-state index in [0.717, 1.165) is 17.1 Å². The zero-order valence-electron chi connectivity index (χ0n) is 13.7. The van der Waals surface area contributed by atoms with Crippen molar-refractivity contribution < 1.29 is 19.0 Å². The number of carbonyl (C=O) groups excluding carboxylic acids is 1. The van der Waals surface area contributed by atoms with E-state index in [2.05, 4.69) is 5.32 Å². The van der Waals surface area contributed by atoms with Crippen LogP contribution in [0.1, 0.15) is 11.1 Å². The number of carbonyl (C=O) groups is 1. The van der Waals surface area contributed by atoms with Gasteiger partial charge < -0.3 is 19.5 Å². The lowest BCUT2D eigenvalue weighted by Crippen LogP contribution is -2.29. The van der Waals surface area contributed by atoms with Gasteiger partial charge in [0.15, 0.2) is 11.5 Å². The van der Waals surface area contributed by atoms with Crippen LogP contribution in [0.25, 0.3) is 0 Å². The Labute approximate surface area is 141 Å². The van der Waals surface area contributed by atoms with E-state index in [-0.39, 0.29) is 5.91 Å². The second-order valence-electron chi connectivity index (χ2n) is 5.67. The van der Waals surface area contributed by atoms with Crippen LogP contribution in [0.5, 0.6) is 17.2 Å². The van der Waals surface area contributed by atoms with Crippen molar-refractivity contribution in [3.8, 4) is 17.2 Å². The molecule has 2 aromatic rings. The number of rotatable bonds is 6. The minimum Gasteiger partial charge on any atom is -0.492 e. The molecule has 0 saturated heterocycles. The lowest BCUT2D eigenvalue weighted by Gasteiger charge is -2.18. The molecule has 3 rings (SSSR count). The largest absolute Gasteiger partial charge is 0.492 e.